The molecule has 0 aliphatic heterocycles. The van der Waals surface area contributed by atoms with E-state index in [4.69, 9.17) is 0 Å². The quantitative estimate of drug-likeness (QED) is 0.521. The van der Waals surface area contributed by atoms with Crippen molar-refractivity contribution in [1.29, 1.82) is 0 Å². The lowest BCUT2D eigenvalue weighted by molar-refractivity contribution is -0.384. The molecule has 9 nitrogen and oxygen atoms in total. The lowest BCUT2D eigenvalue weighted by Crippen LogP contribution is -2.41. The highest BCUT2D eigenvalue weighted by molar-refractivity contribution is 5.99. The van der Waals surface area contributed by atoms with Gasteiger partial charge in [-0.15, -0.1) is 0 Å². The van der Waals surface area contributed by atoms with Crippen molar-refractivity contribution in [1.82, 2.24) is 20.6 Å². The van der Waals surface area contributed by atoms with E-state index in [9.17, 15) is 19.7 Å². The molecule has 142 valence electrons. The fourth-order valence-electron chi connectivity index (χ4n) is 2.68. The van der Waals surface area contributed by atoms with Crippen LogP contribution in [0.5, 0.6) is 0 Å². The third-order valence-electron chi connectivity index (χ3n) is 4.08. The number of nitro groups is 1. The van der Waals surface area contributed by atoms with Crippen LogP contribution in [0.1, 0.15) is 33.3 Å². The number of nitro benzene ring substituents is 1. The van der Waals surface area contributed by atoms with Gasteiger partial charge in [0.1, 0.15) is 0 Å². The van der Waals surface area contributed by atoms with E-state index in [-0.39, 0.29) is 11.3 Å². The van der Waals surface area contributed by atoms with Crippen LogP contribution < -0.4 is 10.9 Å². The number of amides is 2. The molecule has 3 aromatic rings. The molecular weight excluding hydrogens is 362 g/mol. The summed E-state index contributed by atoms with van der Waals surface area (Å²) in [7, 11) is 0. The monoisotopic (exact) mass is 379 g/mol. The normalized spacial score (nSPS) is 10.3. The van der Waals surface area contributed by atoms with E-state index in [0.717, 1.165) is 5.69 Å². The Morgan fingerprint density at radius 3 is 2.29 bits per heavy atom. The smallest absolute Gasteiger partial charge is 0.267 e. The van der Waals surface area contributed by atoms with E-state index in [1.165, 1.54) is 30.5 Å². The van der Waals surface area contributed by atoms with Crippen molar-refractivity contribution in [3.8, 4) is 5.69 Å². The summed E-state index contributed by atoms with van der Waals surface area (Å²) in [5, 5.41) is 14.9. The maximum absolute atomic E-state index is 12.5. The SMILES string of the molecule is CCc1c(C(=O)NNC(=O)c2ccc([N+](=O)[O-])cc2)cnn1-c1ccccc1. The summed E-state index contributed by atoms with van der Waals surface area (Å²) in [5.74, 6) is -1.09. The Balaban J connectivity index is 1.70. The maximum atomic E-state index is 12.5. The Hall–Kier alpha value is -4.01. The van der Waals surface area contributed by atoms with Crippen LogP contribution in [0, 0.1) is 10.1 Å². The van der Waals surface area contributed by atoms with Crippen molar-refractivity contribution < 1.29 is 14.5 Å². The predicted octanol–water partition coefficient (Wildman–Crippen LogP) is 2.42. The molecule has 1 heterocycles. The minimum absolute atomic E-state index is 0.124. The molecule has 2 N–H and O–H groups in total. The number of non-ortho nitro benzene ring substituents is 1. The molecule has 0 saturated carbocycles. The zero-order valence-electron chi connectivity index (χ0n) is 15.0. The van der Waals surface area contributed by atoms with Crippen molar-refractivity contribution in [3.05, 3.63) is 87.7 Å². The van der Waals surface area contributed by atoms with Gasteiger partial charge in [0, 0.05) is 17.7 Å². The first kappa shape index (κ1) is 18.8. The number of para-hydroxylation sites is 1. The van der Waals surface area contributed by atoms with E-state index in [1.54, 1.807) is 4.68 Å². The van der Waals surface area contributed by atoms with Gasteiger partial charge in [0.25, 0.3) is 17.5 Å². The average Bonchev–Trinajstić information content (AvgIpc) is 3.16. The van der Waals surface area contributed by atoms with Gasteiger partial charge in [-0.3, -0.25) is 30.6 Å². The maximum Gasteiger partial charge on any atom is 0.273 e. The zero-order valence-corrected chi connectivity index (χ0v) is 15.0. The van der Waals surface area contributed by atoms with Crippen LogP contribution in [0.25, 0.3) is 5.69 Å². The Kier molecular flexibility index (Phi) is 5.45. The van der Waals surface area contributed by atoms with Crippen LogP contribution in [0.3, 0.4) is 0 Å². The number of carbonyl (C=O) groups is 2. The first-order valence-electron chi connectivity index (χ1n) is 8.48. The number of hydrogen-bond acceptors (Lipinski definition) is 5. The summed E-state index contributed by atoms with van der Waals surface area (Å²) < 4.78 is 1.67. The third kappa shape index (κ3) is 3.88. The summed E-state index contributed by atoms with van der Waals surface area (Å²) in [4.78, 5) is 34.7. The topological polar surface area (TPSA) is 119 Å². The van der Waals surface area contributed by atoms with E-state index in [1.807, 2.05) is 37.3 Å². The van der Waals surface area contributed by atoms with Gasteiger partial charge in [-0.25, -0.2) is 4.68 Å². The number of nitrogens with zero attached hydrogens (tertiary/aromatic N) is 3. The van der Waals surface area contributed by atoms with Gasteiger partial charge in [-0.05, 0) is 30.7 Å². The first-order chi connectivity index (χ1) is 13.5. The van der Waals surface area contributed by atoms with Crippen LogP contribution in [0.15, 0.2) is 60.8 Å². The van der Waals surface area contributed by atoms with Crippen LogP contribution in [-0.4, -0.2) is 26.5 Å². The highest BCUT2D eigenvalue weighted by Crippen LogP contribution is 2.16. The number of hydrogen-bond donors (Lipinski definition) is 2. The Morgan fingerprint density at radius 2 is 1.68 bits per heavy atom. The van der Waals surface area contributed by atoms with E-state index in [2.05, 4.69) is 16.0 Å². The van der Waals surface area contributed by atoms with Crippen LogP contribution in [-0.2, 0) is 6.42 Å². The molecule has 0 aliphatic rings. The Morgan fingerprint density at radius 1 is 1.04 bits per heavy atom. The molecule has 1 aromatic heterocycles. The molecule has 0 radical (unpaired) electrons. The lowest BCUT2D eigenvalue weighted by atomic mass is 10.2. The minimum Gasteiger partial charge on any atom is -0.267 e. The van der Waals surface area contributed by atoms with Gasteiger partial charge >= 0.3 is 0 Å². The predicted molar refractivity (Wildman–Crippen MR) is 101 cm³/mol. The molecule has 0 bridgehead atoms. The largest absolute Gasteiger partial charge is 0.273 e. The summed E-state index contributed by atoms with van der Waals surface area (Å²) in [6.45, 7) is 1.91. The van der Waals surface area contributed by atoms with Crippen molar-refractivity contribution in [3.63, 3.8) is 0 Å². The highest BCUT2D eigenvalue weighted by Gasteiger charge is 2.18. The fraction of sp³-hybridized carbons (Fsp3) is 0.105. The van der Waals surface area contributed by atoms with Gasteiger partial charge in [-0.2, -0.15) is 5.10 Å². The Labute approximate surface area is 160 Å². The van der Waals surface area contributed by atoms with Crippen molar-refractivity contribution in [2.45, 2.75) is 13.3 Å². The van der Waals surface area contributed by atoms with Gasteiger partial charge in [0.2, 0.25) is 0 Å². The van der Waals surface area contributed by atoms with Gasteiger partial charge < -0.3 is 0 Å². The lowest BCUT2D eigenvalue weighted by Gasteiger charge is -2.09. The molecule has 0 aliphatic carbocycles. The summed E-state index contributed by atoms with van der Waals surface area (Å²) in [6.07, 6.45) is 2.01. The fourth-order valence-corrected chi connectivity index (χ4v) is 2.68. The number of carbonyl (C=O) groups excluding carboxylic acids is 2. The van der Waals surface area contributed by atoms with Gasteiger partial charge in [0.05, 0.1) is 28.1 Å². The molecule has 2 amide bonds. The molecule has 28 heavy (non-hydrogen) atoms. The third-order valence-corrected chi connectivity index (χ3v) is 4.08. The van der Waals surface area contributed by atoms with Gasteiger partial charge in [0.15, 0.2) is 0 Å². The standard InChI is InChI=1S/C19H17N5O4/c1-2-17-16(12-20-23(17)14-6-4-3-5-7-14)19(26)22-21-18(25)13-8-10-15(11-9-13)24(27)28/h3-12H,2H2,1H3,(H,21,25)(H,22,26). The highest BCUT2D eigenvalue weighted by atomic mass is 16.6. The number of rotatable bonds is 5. The Bertz CT molecular complexity index is 1010. The second-order valence-corrected chi connectivity index (χ2v) is 5.82. The molecule has 9 heteroatoms. The number of nitrogens with one attached hydrogen (secondary N) is 2. The molecule has 0 spiro atoms. The van der Waals surface area contributed by atoms with Crippen LogP contribution >= 0.6 is 0 Å². The van der Waals surface area contributed by atoms with E-state index >= 15 is 0 Å². The molecular formula is C19H17N5O4. The molecule has 0 saturated heterocycles. The number of aromatic nitrogens is 2. The molecule has 0 fully saturated rings. The minimum atomic E-state index is -0.586. The zero-order chi connectivity index (χ0) is 20.1. The molecule has 0 atom stereocenters. The number of hydrazine groups is 1. The second-order valence-electron chi connectivity index (χ2n) is 5.82. The van der Waals surface area contributed by atoms with E-state index < -0.39 is 16.7 Å². The molecule has 3 rings (SSSR count). The summed E-state index contributed by atoms with van der Waals surface area (Å²) in [5.41, 5.74) is 6.58. The summed E-state index contributed by atoms with van der Waals surface area (Å²) in [6, 6.07) is 14.5. The second kappa shape index (κ2) is 8.12. The van der Waals surface area contributed by atoms with E-state index in [0.29, 0.717) is 17.7 Å². The van der Waals surface area contributed by atoms with Crippen LogP contribution in [0.2, 0.25) is 0 Å². The van der Waals surface area contributed by atoms with Gasteiger partial charge in [-0.1, -0.05) is 25.1 Å². The van der Waals surface area contributed by atoms with Crippen molar-refractivity contribution >= 4 is 17.5 Å². The molecule has 0 unspecified atom stereocenters. The first-order valence-corrected chi connectivity index (χ1v) is 8.48. The van der Waals surface area contributed by atoms with Crippen molar-refractivity contribution in [2.24, 2.45) is 0 Å². The van der Waals surface area contributed by atoms with Crippen molar-refractivity contribution in [2.75, 3.05) is 0 Å². The van der Waals surface area contributed by atoms with Crippen LogP contribution in [0.4, 0.5) is 5.69 Å². The summed E-state index contributed by atoms with van der Waals surface area (Å²) >= 11 is 0. The molecule has 2 aromatic carbocycles. The average molecular weight is 379 g/mol. The number of benzene rings is 2.